The number of ether oxygens (including phenoxy) is 1. The monoisotopic (exact) mass is 311 g/mol. The Bertz CT molecular complexity index is 439. The van der Waals surface area contributed by atoms with E-state index in [2.05, 4.69) is 46.0 Å². The molecule has 0 amide bonds. The number of carbonyl (C=O) groups is 1. The van der Waals surface area contributed by atoms with Gasteiger partial charge in [0.25, 0.3) is 0 Å². The first-order valence-electron chi connectivity index (χ1n) is 6.20. The normalized spacial score (nSPS) is 16.7. The molecule has 1 saturated heterocycles. The van der Waals surface area contributed by atoms with E-state index in [1.54, 1.807) is 0 Å². The second-order valence-electron chi connectivity index (χ2n) is 4.74. The molecule has 3 nitrogen and oxygen atoms in total. The van der Waals surface area contributed by atoms with Crippen LogP contribution in [0.4, 0.5) is 5.69 Å². The number of methoxy groups -OCH3 is 1. The second kappa shape index (κ2) is 5.74. The lowest BCUT2D eigenvalue weighted by Gasteiger charge is -2.33. The van der Waals surface area contributed by atoms with E-state index in [0.29, 0.717) is 0 Å². The predicted molar refractivity (Wildman–Crippen MR) is 75.8 cm³/mol. The van der Waals surface area contributed by atoms with Crippen LogP contribution in [-0.4, -0.2) is 26.2 Å². The second-order valence-corrected chi connectivity index (χ2v) is 5.59. The third kappa shape index (κ3) is 2.86. The molecule has 0 unspecified atom stereocenters. The Balaban J connectivity index is 2.03. The molecule has 1 heterocycles. The van der Waals surface area contributed by atoms with Gasteiger partial charge in [-0.15, -0.1) is 0 Å². The fourth-order valence-electron chi connectivity index (χ4n) is 2.39. The number of aryl methyl sites for hydroxylation is 1. The van der Waals surface area contributed by atoms with Crippen molar-refractivity contribution in [2.45, 2.75) is 19.8 Å². The number of carbonyl (C=O) groups excluding carboxylic acids is 1. The van der Waals surface area contributed by atoms with Gasteiger partial charge in [-0.25, -0.2) is 0 Å². The maximum Gasteiger partial charge on any atom is 0.308 e. The van der Waals surface area contributed by atoms with Crippen LogP contribution < -0.4 is 4.90 Å². The molecule has 1 fully saturated rings. The van der Waals surface area contributed by atoms with Crippen molar-refractivity contribution in [3.05, 3.63) is 28.2 Å². The van der Waals surface area contributed by atoms with Crippen molar-refractivity contribution in [2.75, 3.05) is 25.1 Å². The van der Waals surface area contributed by atoms with Crippen LogP contribution in [0.3, 0.4) is 0 Å². The SMILES string of the molecule is COC(=O)C1CCN(c2ccc(C)cc2Br)CC1. The lowest BCUT2D eigenvalue weighted by molar-refractivity contribution is -0.146. The number of benzene rings is 1. The van der Waals surface area contributed by atoms with Crippen molar-refractivity contribution in [2.24, 2.45) is 5.92 Å². The van der Waals surface area contributed by atoms with Gasteiger partial charge in [0.05, 0.1) is 18.7 Å². The summed E-state index contributed by atoms with van der Waals surface area (Å²) < 4.78 is 5.93. The number of nitrogens with zero attached hydrogens (tertiary/aromatic N) is 1. The van der Waals surface area contributed by atoms with Gasteiger partial charge in [0.15, 0.2) is 0 Å². The van der Waals surface area contributed by atoms with E-state index >= 15 is 0 Å². The zero-order valence-electron chi connectivity index (χ0n) is 10.8. The molecule has 0 saturated carbocycles. The van der Waals surface area contributed by atoms with Crippen molar-refractivity contribution in [1.29, 1.82) is 0 Å². The van der Waals surface area contributed by atoms with E-state index < -0.39 is 0 Å². The molecule has 4 heteroatoms. The maximum absolute atomic E-state index is 11.5. The summed E-state index contributed by atoms with van der Waals surface area (Å²) in [5, 5.41) is 0. The van der Waals surface area contributed by atoms with Crippen LogP contribution in [0.15, 0.2) is 22.7 Å². The number of halogens is 1. The van der Waals surface area contributed by atoms with Gasteiger partial charge in [0.2, 0.25) is 0 Å². The van der Waals surface area contributed by atoms with Crippen LogP contribution >= 0.6 is 15.9 Å². The fourth-order valence-corrected chi connectivity index (χ4v) is 3.14. The molecule has 0 atom stereocenters. The van der Waals surface area contributed by atoms with E-state index in [9.17, 15) is 4.79 Å². The van der Waals surface area contributed by atoms with Crippen LogP contribution in [0.2, 0.25) is 0 Å². The van der Waals surface area contributed by atoms with Crippen molar-refractivity contribution in [3.8, 4) is 0 Å². The lowest BCUT2D eigenvalue weighted by atomic mass is 9.96. The highest BCUT2D eigenvalue weighted by atomic mass is 79.9. The minimum absolute atomic E-state index is 0.0653. The Labute approximate surface area is 116 Å². The Morgan fingerprint density at radius 2 is 2.06 bits per heavy atom. The molecule has 2 rings (SSSR count). The Kier molecular flexibility index (Phi) is 4.27. The van der Waals surface area contributed by atoms with Gasteiger partial charge in [-0.2, -0.15) is 0 Å². The molecule has 18 heavy (non-hydrogen) atoms. The summed E-state index contributed by atoms with van der Waals surface area (Å²) in [4.78, 5) is 13.8. The average molecular weight is 312 g/mol. The Hall–Kier alpha value is -1.03. The molecule has 0 bridgehead atoms. The first kappa shape index (κ1) is 13.4. The molecular weight excluding hydrogens is 294 g/mol. The first-order chi connectivity index (χ1) is 8.61. The average Bonchev–Trinajstić information content (AvgIpc) is 2.38. The Morgan fingerprint density at radius 1 is 1.39 bits per heavy atom. The van der Waals surface area contributed by atoms with Crippen LogP contribution in [-0.2, 0) is 9.53 Å². The number of hydrogen-bond acceptors (Lipinski definition) is 3. The highest BCUT2D eigenvalue weighted by Gasteiger charge is 2.26. The topological polar surface area (TPSA) is 29.5 Å². The zero-order chi connectivity index (χ0) is 13.1. The minimum atomic E-state index is -0.0716. The van der Waals surface area contributed by atoms with E-state index in [0.717, 1.165) is 30.4 Å². The standard InChI is InChI=1S/C14H18BrNO2/c1-10-3-4-13(12(15)9-10)16-7-5-11(6-8-16)14(17)18-2/h3-4,9,11H,5-8H2,1-2H3. The molecule has 1 aliphatic rings. The van der Waals surface area contributed by atoms with E-state index in [1.807, 2.05) is 0 Å². The Morgan fingerprint density at radius 3 is 2.61 bits per heavy atom. The van der Waals surface area contributed by atoms with E-state index in [-0.39, 0.29) is 11.9 Å². The van der Waals surface area contributed by atoms with Crippen LogP contribution in [0.1, 0.15) is 18.4 Å². The molecule has 98 valence electrons. The van der Waals surface area contributed by atoms with Crippen LogP contribution in [0.25, 0.3) is 0 Å². The quantitative estimate of drug-likeness (QED) is 0.786. The maximum atomic E-state index is 11.5. The largest absolute Gasteiger partial charge is 0.469 e. The number of rotatable bonds is 2. The third-order valence-corrected chi connectivity index (χ3v) is 4.11. The summed E-state index contributed by atoms with van der Waals surface area (Å²) in [6.45, 7) is 3.89. The molecule has 1 aliphatic heterocycles. The van der Waals surface area contributed by atoms with Crippen molar-refractivity contribution >= 4 is 27.6 Å². The van der Waals surface area contributed by atoms with Crippen molar-refractivity contribution < 1.29 is 9.53 Å². The van der Waals surface area contributed by atoms with Crippen LogP contribution in [0.5, 0.6) is 0 Å². The molecule has 0 radical (unpaired) electrons. The highest BCUT2D eigenvalue weighted by molar-refractivity contribution is 9.10. The third-order valence-electron chi connectivity index (χ3n) is 3.47. The predicted octanol–water partition coefficient (Wildman–Crippen LogP) is 3.15. The van der Waals surface area contributed by atoms with Gasteiger partial charge in [0.1, 0.15) is 0 Å². The molecule has 1 aromatic carbocycles. The molecular formula is C14H18BrNO2. The molecule has 0 aromatic heterocycles. The van der Waals surface area contributed by atoms with Crippen molar-refractivity contribution in [1.82, 2.24) is 0 Å². The summed E-state index contributed by atoms with van der Waals surface area (Å²) in [6, 6.07) is 6.38. The summed E-state index contributed by atoms with van der Waals surface area (Å²) in [5.41, 5.74) is 2.46. The van der Waals surface area contributed by atoms with E-state index in [4.69, 9.17) is 4.74 Å². The smallest absolute Gasteiger partial charge is 0.308 e. The number of piperidine rings is 1. The molecule has 0 aliphatic carbocycles. The molecule has 1 aromatic rings. The molecule has 0 spiro atoms. The fraction of sp³-hybridized carbons (Fsp3) is 0.500. The summed E-state index contributed by atoms with van der Waals surface area (Å²) in [6.07, 6.45) is 1.74. The summed E-state index contributed by atoms with van der Waals surface area (Å²) in [7, 11) is 1.46. The molecule has 0 N–H and O–H groups in total. The van der Waals surface area contributed by atoms with Gasteiger partial charge in [0, 0.05) is 17.6 Å². The van der Waals surface area contributed by atoms with Gasteiger partial charge in [-0.1, -0.05) is 6.07 Å². The lowest BCUT2D eigenvalue weighted by Crippen LogP contribution is -2.36. The van der Waals surface area contributed by atoms with Gasteiger partial charge >= 0.3 is 5.97 Å². The number of esters is 1. The minimum Gasteiger partial charge on any atom is -0.469 e. The van der Waals surface area contributed by atoms with Crippen molar-refractivity contribution in [3.63, 3.8) is 0 Å². The number of hydrogen-bond donors (Lipinski definition) is 0. The first-order valence-corrected chi connectivity index (χ1v) is 7.00. The highest BCUT2D eigenvalue weighted by Crippen LogP contribution is 2.30. The zero-order valence-corrected chi connectivity index (χ0v) is 12.4. The van der Waals surface area contributed by atoms with Gasteiger partial charge in [-0.3, -0.25) is 4.79 Å². The van der Waals surface area contributed by atoms with E-state index in [1.165, 1.54) is 18.4 Å². The van der Waals surface area contributed by atoms with Gasteiger partial charge in [-0.05, 0) is 53.4 Å². The summed E-state index contributed by atoms with van der Waals surface area (Å²) >= 11 is 3.61. The number of anilines is 1. The summed E-state index contributed by atoms with van der Waals surface area (Å²) in [5.74, 6) is -0.00639. The van der Waals surface area contributed by atoms with Crippen LogP contribution in [0, 0.1) is 12.8 Å². The van der Waals surface area contributed by atoms with Gasteiger partial charge < -0.3 is 9.64 Å².